The Bertz CT molecular complexity index is 440. The number of carbonyl (C=O) groups excluding carboxylic acids is 1. The molecule has 0 spiro atoms. The van der Waals surface area contributed by atoms with E-state index in [9.17, 15) is 4.79 Å². The lowest BCUT2D eigenvalue weighted by Crippen LogP contribution is -2.43. The Labute approximate surface area is 122 Å². The summed E-state index contributed by atoms with van der Waals surface area (Å²) in [5.74, 6) is 1.51. The van der Waals surface area contributed by atoms with E-state index in [0.29, 0.717) is 11.8 Å². The van der Waals surface area contributed by atoms with Gasteiger partial charge >= 0.3 is 0 Å². The van der Waals surface area contributed by atoms with Crippen LogP contribution in [0.2, 0.25) is 0 Å². The molecule has 0 fully saturated rings. The van der Waals surface area contributed by atoms with Crippen molar-refractivity contribution in [1.82, 2.24) is 5.32 Å². The van der Waals surface area contributed by atoms with E-state index in [-0.39, 0.29) is 11.9 Å². The van der Waals surface area contributed by atoms with E-state index in [4.69, 9.17) is 4.74 Å². The third-order valence-electron chi connectivity index (χ3n) is 3.58. The van der Waals surface area contributed by atoms with Crippen LogP contribution in [-0.4, -0.2) is 18.1 Å². The molecular weight excluding hydrogens is 250 g/mol. The molecule has 0 heterocycles. The van der Waals surface area contributed by atoms with Gasteiger partial charge in [-0.1, -0.05) is 45.9 Å². The topological polar surface area (TPSA) is 38.3 Å². The summed E-state index contributed by atoms with van der Waals surface area (Å²) in [7, 11) is 0. The smallest absolute Gasteiger partial charge is 0.260 e. The van der Waals surface area contributed by atoms with Gasteiger partial charge in [0.1, 0.15) is 5.75 Å². The summed E-state index contributed by atoms with van der Waals surface area (Å²) in [5, 5.41) is 2.98. The molecule has 0 radical (unpaired) electrons. The largest absolute Gasteiger partial charge is 0.481 e. The highest BCUT2D eigenvalue weighted by Gasteiger charge is 2.19. The third kappa shape index (κ3) is 4.55. The average Bonchev–Trinajstić information content (AvgIpc) is 2.38. The highest BCUT2D eigenvalue weighted by Crippen LogP contribution is 2.26. The number of benzene rings is 1. The summed E-state index contributed by atoms with van der Waals surface area (Å²) in [4.78, 5) is 12.1. The first-order valence-electron chi connectivity index (χ1n) is 7.38. The first-order valence-corrected chi connectivity index (χ1v) is 7.38. The first-order chi connectivity index (χ1) is 9.32. The maximum absolute atomic E-state index is 12.1. The molecule has 1 N–H and O–H groups in total. The lowest BCUT2D eigenvalue weighted by atomic mass is 10.0. The van der Waals surface area contributed by atoms with Crippen molar-refractivity contribution in [3.05, 3.63) is 29.8 Å². The highest BCUT2D eigenvalue weighted by molar-refractivity contribution is 5.81. The fourth-order valence-electron chi connectivity index (χ4n) is 1.82. The summed E-state index contributed by atoms with van der Waals surface area (Å²) in [5.41, 5.74) is 1.13. The van der Waals surface area contributed by atoms with Crippen molar-refractivity contribution in [3.63, 3.8) is 0 Å². The van der Waals surface area contributed by atoms with Gasteiger partial charge in [0.05, 0.1) is 0 Å². The van der Waals surface area contributed by atoms with E-state index in [1.54, 1.807) is 6.92 Å². The Morgan fingerprint density at radius 1 is 1.05 bits per heavy atom. The van der Waals surface area contributed by atoms with E-state index < -0.39 is 6.10 Å². The van der Waals surface area contributed by atoms with Gasteiger partial charge in [0.25, 0.3) is 5.91 Å². The molecule has 20 heavy (non-hydrogen) atoms. The number of hydrogen-bond acceptors (Lipinski definition) is 2. The summed E-state index contributed by atoms with van der Waals surface area (Å²) in [6, 6.07) is 8.04. The molecule has 0 unspecified atom stereocenters. The number of amides is 1. The van der Waals surface area contributed by atoms with Crippen LogP contribution >= 0.6 is 0 Å². The van der Waals surface area contributed by atoms with Crippen LogP contribution in [0.5, 0.6) is 5.75 Å². The Kier molecular flexibility index (Phi) is 6.05. The standard InChI is InChI=1S/C17H27NO2/c1-11(2)13(5)18-17(19)14(6)20-16-10-8-7-9-15(16)12(3)4/h7-14H,1-6H3,(H,18,19)/t13-,14+/m0/s1. The molecule has 0 aliphatic carbocycles. The zero-order valence-electron chi connectivity index (χ0n) is 13.4. The van der Waals surface area contributed by atoms with Crippen molar-refractivity contribution < 1.29 is 9.53 Å². The van der Waals surface area contributed by atoms with Crippen LogP contribution in [0, 0.1) is 5.92 Å². The van der Waals surface area contributed by atoms with Crippen molar-refractivity contribution in [2.45, 2.75) is 59.6 Å². The van der Waals surface area contributed by atoms with E-state index >= 15 is 0 Å². The number of rotatable bonds is 6. The Morgan fingerprint density at radius 2 is 1.65 bits per heavy atom. The van der Waals surface area contributed by atoms with Crippen LogP contribution in [0.3, 0.4) is 0 Å². The summed E-state index contributed by atoms with van der Waals surface area (Å²) < 4.78 is 5.84. The molecule has 0 aromatic heterocycles. The van der Waals surface area contributed by atoms with Gasteiger partial charge in [0.2, 0.25) is 0 Å². The van der Waals surface area contributed by atoms with E-state index in [1.165, 1.54) is 0 Å². The lowest BCUT2D eigenvalue weighted by molar-refractivity contribution is -0.128. The normalized spacial score (nSPS) is 14.2. The molecule has 1 aromatic carbocycles. The predicted octanol–water partition coefficient (Wildman–Crippen LogP) is 3.74. The molecule has 0 saturated heterocycles. The molecule has 2 atom stereocenters. The fourth-order valence-corrected chi connectivity index (χ4v) is 1.82. The van der Waals surface area contributed by atoms with Crippen molar-refractivity contribution in [3.8, 4) is 5.75 Å². The lowest BCUT2D eigenvalue weighted by Gasteiger charge is -2.22. The molecule has 0 aliphatic heterocycles. The highest BCUT2D eigenvalue weighted by atomic mass is 16.5. The number of carbonyl (C=O) groups is 1. The quantitative estimate of drug-likeness (QED) is 0.860. The Balaban J connectivity index is 2.71. The van der Waals surface area contributed by atoms with Gasteiger partial charge < -0.3 is 10.1 Å². The minimum absolute atomic E-state index is 0.0650. The SMILES string of the molecule is CC(C)c1ccccc1O[C@H](C)C(=O)N[C@@H](C)C(C)C. The maximum atomic E-state index is 12.1. The predicted molar refractivity (Wildman–Crippen MR) is 83.1 cm³/mol. The fraction of sp³-hybridized carbons (Fsp3) is 0.588. The second-order valence-electron chi connectivity index (χ2n) is 5.99. The molecule has 1 aromatic rings. The number of para-hydroxylation sites is 1. The van der Waals surface area contributed by atoms with Gasteiger partial charge in [-0.2, -0.15) is 0 Å². The van der Waals surface area contributed by atoms with E-state index in [2.05, 4.69) is 33.0 Å². The van der Waals surface area contributed by atoms with Gasteiger partial charge in [0.15, 0.2) is 6.10 Å². The van der Waals surface area contributed by atoms with Crippen LogP contribution in [0.25, 0.3) is 0 Å². The van der Waals surface area contributed by atoms with Crippen LogP contribution in [0.1, 0.15) is 53.0 Å². The second kappa shape index (κ2) is 7.32. The number of nitrogens with one attached hydrogen (secondary N) is 1. The monoisotopic (exact) mass is 277 g/mol. The van der Waals surface area contributed by atoms with Crippen LogP contribution in [-0.2, 0) is 4.79 Å². The second-order valence-corrected chi connectivity index (χ2v) is 5.99. The molecule has 112 valence electrons. The van der Waals surface area contributed by atoms with Gasteiger partial charge in [-0.25, -0.2) is 0 Å². The Hall–Kier alpha value is -1.51. The molecule has 1 amide bonds. The first kappa shape index (κ1) is 16.5. The van der Waals surface area contributed by atoms with Gasteiger partial charge in [-0.3, -0.25) is 4.79 Å². The minimum Gasteiger partial charge on any atom is -0.481 e. The minimum atomic E-state index is -0.490. The third-order valence-corrected chi connectivity index (χ3v) is 3.58. The molecule has 1 rings (SSSR count). The summed E-state index contributed by atoms with van der Waals surface area (Å²) in [6.07, 6.45) is -0.490. The average molecular weight is 277 g/mol. The number of ether oxygens (including phenoxy) is 1. The van der Waals surface area contributed by atoms with Crippen molar-refractivity contribution in [1.29, 1.82) is 0 Å². The van der Waals surface area contributed by atoms with Gasteiger partial charge in [-0.15, -0.1) is 0 Å². The molecule has 0 saturated carbocycles. The van der Waals surface area contributed by atoms with Crippen LogP contribution < -0.4 is 10.1 Å². The zero-order valence-corrected chi connectivity index (χ0v) is 13.4. The summed E-state index contributed by atoms with van der Waals surface area (Å²) in [6.45, 7) is 12.2. The molecular formula is C17H27NO2. The summed E-state index contributed by atoms with van der Waals surface area (Å²) >= 11 is 0. The van der Waals surface area contributed by atoms with Crippen LogP contribution in [0.4, 0.5) is 0 Å². The Morgan fingerprint density at radius 3 is 2.20 bits per heavy atom. The zero-order chi connectivity index (χ0) is 15.3. The van der Waals surface area contributed by atoms with E-state index in [1.807, 2.05) is 31.2 Å². The van der Waals surface area contributed by atoms with E-state index in [0.717, 1.165) is 11.3 Å². The molecule has 0 aliphatic rings. The van der Waals surface area contributed by atoms with Gasteiger partial charge in [0, 0.05) is 6.04 Å². The number of hydrogen-bond donors (Lipinski definition) is 1. The molecule has 3 nitrogen and oxygen atoms in total. The van der Waals surface area contributed by atoms with Crippen molar-refractivity contribution in [2.75, 3.05) is 0 Å². The molecule has 0 bridgehead atoms. The van der Waals surface area contributed by atoms with Crippen LogP contribution in [0.15, 0.2) is 24.3 Å². The molecule has 3 heteroatoms. The van der Waals surface area contributed by atoms with Gasteiger partial charge in [-0.05, 0) is 37.3 Å². The van der Waals surface area contributed by atoms with Crippen molar-refractivity contribution in [2.24, 2.45) is 5.92 Å². The van der Waals surface area contributed by atoms with Crippen molar-refractivity contribution >= 4 is 5.91 Å². The maximum Gasteiger partial charge on any atom is 0.260 e.